The van der Waals surface area contributed by atoms with Crippen molar-refractivity contribution < 1.29 is 29.4 Å². The standard InChI is InChI=1S/C13H16N2O4.C8H8O2.2Na/c14-11(16)7-6-10(13(18)19)15-12(17)8-9-4-2-1-3-5-9;9-8(10)6-7-4-2-1-3-5-7;;/h1-5,10H,6-8H2,(H2,14,16)(H,15,17)(H,18,19);1-5H,6H2,(H,9,10);;. The van der Waals surface area contributed by atoms with Crippen molar-refractivity contribution in [2.24, 2.45) is 5.73 Å². The van der Waals surface area contributed by atoms with E-state index in [-0.39, 0.29) is 84.8 Å². The number of nitrogens with two attached hydrogens (primary N) is 1. The van der Waals surface area contributed by atoms with Crippen LogP contribution in [0.15, 0.2) is 60.7 Å². The smallest absolute Gasteiger partial charge is 0.326 e. The third-order valence-corrected chi connectivity index (χ3v) is 3.72. The molecule has 31 heavy (non-hydrogen) atoms. The van der Waals surface area contributed by atoms with Crippen molar-refractivity contribution in [3.8, 4) is 0 Å². The first-order valence-electron chi connectivity index (χ1n) is 8.88. The third kappa shape index (κ3) is 15.7. The normalized spacial score (nSPS) is 10.1. The van der Waals surface area contributed by atoms with E-state index in [9.17, 15) is 19.2 Å². The Morgan fingerprint density at radius 2 is 1.26 bits per heavy atom. The summed E-state index contributed by atoms with van der Waals surface area (Å²) in [5, 5.41) is 19.7. The SMILES string of the molecule is NC(=O)CCC(NC(=O)Cc1ccccc1)C(=O)O.O=C(O)Cc1ccccc1.[Na].[Na]. The van der Waals surface area contributed by atoms with E-state index in [4.69, 9.17) is 15.9 Å². The van der Waals surface area contributed by atoms with Crippen molar-refractivity contribution in [1.82, 2.24) is 5.32 Å². The van der Waals surface area contributed by atoms with Crippen molar-refractivity contribution in [3.63, 3.8) is 0 Å². The molecule has 0 aliphatic heterocycles. The molecular formula is C21H24N2Na2O6. The first kappa shape index (κ1) is 31.5. The summed E-state index contributed by atoms with van der Waals surface area (Å²) in [7, 11) is 0. The predicted octanol–water partition coefficient (Wildman–Crippen LogP) is 0.616. The average molecular weight is 446 g/mol. The fourth-order valence-electron chi connectivity index (χ4n) is 2.34. The number of hydrogen-bond acceptors (Lipinski definition) is 4. The summed E-state index contributed by atoms with van der Waals surface area (Å²) in [6.45, 7) is 0. The van der Waals surface area contributed by atoms with Gasteiger partial charge in [0.05, 0.1) is 12.8 Å². The summed E-state index contributed by atoms with van der Waals surface area (Å²) in [6, 6.07) is 17.0. The molecule has 2 rings (SSSR count). The predicted molar refractivity (Wildman–Crippen MR) is 117 cm³/mol. The molecule has 0 bridgehead atoms. The molecule has 2 radical (unpaired) electrons. The van der Waals surface area contributed by atoms with Gasteiger partial charge in [0.25, 0.3) is 0 Å². The van der Waals surface area contributed by atoms with Crippen LogP contribution < -0.4 is 11.1 Å². The van der Waals surface area contributed by atoms with Crippen LogP contribution in [0.4, 0.5) is 0 Å². The van der Waals surface area contributed by atoms with Crippen LogP contribution in [0.1, 0.15) is 24.0 Å². The molecule has 2 amide bonds. The summed E-state index contributed by atoms with van der Waals surface area (Å²) in [6.07, 6.45) is 0.121. The van der Waals surface area contributed by atoms with Crippen LogP contribution >= 0.6 is 0 Å². The molecule has 8 nitrogen and oxygen atoms in total. The molecule has 10 heteroatoms. The minimum Gasteiger partial charge on any atom is -0.481 e. The van der Waals surface area contributed by atoms with Crippen molar-refractivity contribution in [3.05, 3.63) is 71.8 Å². The minimum absolute atomic E-state index is 0. The maximum atomic E-state index is 11.7. The number of aliphatic carboxylic acids is 2. The molecule has 0 saturated carbocycles. The van der Waals surface area contributed by atoms with Gasteiger partial charge in [-0.3, -0.25) is 14.4 Å². The number of benzene rings is 2. The second-order valence-corrected chi connectivity index (χ2v) is 6.18. The van der Waals surface area contributed by atoms with Crippen LogP contribution in [0.5, 0.6) is 0 Å². The van der Waals surface area contributed by atoms with E-state index in [0.717, 1.165) is 11.1 Å². The second kappa shape index (κ2) is 17.9. The topological polar surface area (TPSA) is 147 Å². The van der Waals surface area contributed by atoms with Crippen LogP contribution in [0, 0.1) is 0 Å². The molecule has 0 heterocycles. The van der Waals surface area contributed by atoms with Gasteiger partial charge in [-0.1, -0.05) is 60.7 Å². The maximum Gasteiger partial charge on any atom is 0.326 e. The van der Waals surface area contributed by atoms with Gasteiger partial charge in [0.15, 0.2) is 0 Å². The number of carboxylic acids is 2. The van der Waals surface area contributed by atoms with Crippen LogP contribution in [-0.2, 0) is 32.0 Å². The molecule has 0 aliphatic rings. The number of carbonyl (C=O) groups is 4. The molecule has 5 N–H and O–H groups in total. The zero-order valence-electron chi connectivity index (χ0n) is 17.8. The average Bonchev–Trinajstić information content (AvgIpc) is 2.66. The van der Waals surface area contributed by atoms with Crippen molar-refractivity contribution in [2.45, 2.75) is 31.7 Å². The number of primary amides is 1. The van der Waals surface area contributed by atoms with Gasteiger partial charge in [-0.2, -0.15) is 0 Å². The zero-order chi connectivity index (χ0) is 21.6. The van der Waals surface area contributed by atoms with Gasteiger partial charge in [-0.15, -0.1) is 0 Å². The molecular weight excluding hydrogens is 422 g/mol. The molecule has 2 aromatic carbocycles. The Labute approximate surface area is 225 Å². The molecule has 0 aliphatic carbocycles. The van der Waals surface area contributed by atoms with Crippen LogP contribution in [-0.4, -0.2) is 99.1 Å². The van der Waals surface area contributed by atoms with E-state index < -0.39 is 29.8 Å². The monoisotopic (exact) mass is 446 g/mol. The van der Waals surface area contributed by atoms with Gasteiger partial charge >= 0.3 is 11.9 Å². The Kier molecular flexibility index (Phi) is 18.2. The van der Waals surface area contributed by atoms with E-state index >= 15 is 0 Å². The Bertz CT molecular complexity index is 819. The summed E-state index contributed by atoms with van der Waals surface area (Å²) in [4.78, 5) is 43.4. The molecule has 0 saturated heterocycles. The molecule has 2 aromatic rings. The van der Waals surface area contributed by atoms with Gasteiger partial charge in [0.2, 0.25) is 11.8 Å². The number of rotatable bonds is 9. The fourth-order valence-corrected chi connectivity index (χ4v) is 2.34. The van der Waals surface area contributed by atoms with E-state index in [2.05, 4.69) is 5.32 Å². The molecule has 1 atom stereocenters. The summed E-state index contributed by atoms with van der Waals surface area (Å²) in [5.41, 5.74) is 6.58. The quantitative estimate of drug-likeness (QED) is 0.415. The Hall–Kier alpha value is -1.68. The van der Waals surface area contributed by atoms with Crippen molar-refractivity contribution in [1.29, 1.82) is 0 Å². The van der Waals surface area contributed by atoms with Gasteiger partial charge in [0, 0.05) is 65.5 Å². The fraction of sp³-hybridized carbons (Fsp3) is 0.238. The maximum absolute atomic E-state index is 11.7. The summed E-state index contributed by atoms with van der Waals surface area (Å²) < 4.78 is 0. The molecule has 156 valence electrons. The van der Waals surface area contributed by atoms with Crippen LogP contribution in [0.25, 0.3) is 0 Å². The third-order valence-electron chi connectivity index (χ3n) is 3.72. The zero-order valence-corrected chi connectivity index (χ0v) is 21.8. The van der Waals surface area contributed by atoms with Crippen molar-refractivity contribution in [2.75, 3.05) is 0 Å². The number of amides is 2. The van der Waals surface area contributed by atoms with Crippen LogP contribution in [0.2, 0.25) is 0 Å². The van der Waals surface area contributed by atoms with Crippen LogP contribution in [0.3, 0.4) is 0 Å². The Morgan fingerprint density at radius 1 is 0.806 bits per heavy atom. The first-order chi connectivity index (χ1) is 13.8. The Morgan fingerprint density at radius 3 is 1.65 bits per heavy atom. The molecule has 0 aromatic heterocycles. The minimum atomic E-state index is -1.18. The summed E-state index contributed by atoms with van der Waals surface area (Å²) in [5.74, 6) is -2.96. The second-order valence-electron chi connectivity index (χ2n) is 6.18. The van der Waals surface area contributed by atoms with E-state index in [1.165, 1.54) is 0 Å². The van der Waals surface area contributed by atoms with Gasteiger partial charge in [-0.25, -0.2) is 4.79 Å². The molecule has 0 fully saturated rings. The van der Waals surface area contributed by atoms with E-state index in [1.54, 1.807) is 36.4 Å². The van der Waals surface area contributed by atoms with Gasteiger partial charge < -0.3 is 21.3 Å². The van der Waals surface area contributed by atoms with Gasteiger partial charge in [-0.05, 0) is 17.5 Å². The van der Waals surface area contributed by atoms with E-state index in [1.807, 2.05) is 24.3 Å². The summed E-state index contributed by atoms with van der Waals surface area (Å²) >= 11 is 0. The molecule has 1 unspecified atom stereocenters. The number of carboxylic acid groups (broad SMARTS) is 2. The van der Waals surface area contributed by atoms with Gasteiger partial charge in [0.1, 0.15) is 6.04 Å². The number of nitrogens with one attached hydrogen (secondary N) is 1. The first-order valence-corrected chi connectivity index (χ1v) is 8.88. The number of carbonyl (C=O) groups excluding carboxylic acids is 2. The number of hydrogen-bond donors (Lipinski definition) is 4. The van der Waals surface area contributed by atoms with E-state index in [0.29, 0.717) is 0 Å². The molecule has 0 spiro atoms. The largest absolute Gasteiger partial charge is 0.481 e. The Balaban J connectivity index is 0. The van der Waals surface area contributed by atoms with Crippen molar-refractivity contribution >= 4 is 82.9 Å².